The van der Waals surface area contributed by atoms with Gasteiger partial charge in [0.2, 0.25) is 5.28 Å². The summed E-state index contributed by atoms with van der Waals surface area (Å²) in [5.74, 6) is 0.816. The molecule has 22 heavy (non-hydrogen) atoms. The summed E-state index contributed by atoms with van der Waals surface area (Å²) in [4.78, 5) is 22.3. The van der Waals surface area contributed by atoms with Crippen molar-refractivity contribution in [2.45, 2.75) is 45.3 Å². The molecule has 1 N–H and O–H groups in total. The van der Waals surface area contributed by atoms with Crippen LogP contribution in [0.3, 0.4) is 0 Å². The Hall–Kier alpha value is -0.830. The molecule has 1 atom stereocenters. The van der Waals surface area contributed by atoms with Crippen molar-refractivity contribution in [2.75, 3.05) is 18.0 Å². The van der Waals surface area contributed by atoms with Crippen LogP contribution in [-0.4, -0.2) is 40.8 Å². The molecule has 6 nitrogen and oxygen atoms in total. The van der Waals surface area contributed by atoms with Gasteiger partial charge in [-0.15, -0.1) is 0 Å². The molecule has 0 aromatic carbocycles. The number of ether oxygens (including phenoxy) is 1. The molecule has 1 fully saturated rings. The van der Waals surface area contributed by atoms with Gasteiger partial charge in [-0.1, -0.05) is 0 Å². The number of nitrogens with one attached hydrogen (secondary N) is 1. The topological polar surface area (TPSA) is 67.3 Å². The van der Waals surface area contributed by atoms with Crippen molar-refractivity contribution in [1.29, 1.82) is 0 Å². The van der Waals surface area contributed by atoms with Gasteiger partial charge in [-0.25, -0.2) is 9.78 Å². The lowest BCUT2D eigenvalue weighted by atomic mass is 10.1. The molecule has 0 unspecified atom stereocenters. The molecule has 1 aliphatic heterocycles. The highest BCUT2D eigenvalue weighted by molar-refractivity contribution is 14.1. The van der Waals surface area contributed by atoms with E-state index in [1.807, 2.05) is 20.8 Å². The standard InChI is InChI=1S/C14H20ClIN4O2/c1-14(2,3)22-13(21)18-9-5-4-6-20(8-9)11-10(16)7-17-12(15)19-11/h7,9H,4-6,8H2,1-3H3,(H,18,21)/t9-/m1/s1. The van der Waals surface area contributed by atoms with E-state index in [9.17, 15) is 4.79 Å². The molecule has 0 radical (unpaired) electrons. The number of carbonyl (C=O) groups excluding carboxylic acids is 1. The number of carbonyl (C=O) groups is 1. The maximum atomic E-state index is 11.9. The van der Waals surface area contributed by atoms with Crippen molar-refractivity contribution in [1.82, 2.24) is 15.3 Å². The fraction of sp³-hybridized carbons (Fsp3) is 0.643. The molecular weight excluding hydrogens is 419 g/mol. The summed E-state index contributed by atoms with van der Waals surface area (Å²) in [5.41, 5.74) is -0.492. The van der Waals surface area contributed by atoms with Gasteiger partial charge in [-0.05, 0) is 67.8 Å². The number of hydrogen-bond acceptors (Lipinski definition) is 5. The third kappa shape index (κ3) is 5.12. The largest absolute Gasteiger partial charge is 0.444 e. The minimum absolute atomic E-state index is 0.0353. The molecule has 2 heterocycles. The van der Waals surface area contributed by atoms with E-state index in [1.165, 1.54) is 0 Å². The zero-order valence-corrected chi connectivity index (χ0v) is 15.8. The first-order valence-corrected chi connectivity index (χ1v) is 8.63. The summed E-state index contributed by atoms with van der Waals surface area (Å²) in [6.07, 6.45) is 3.22. The summed E-state index contributed by atoms with van der Waals surface area (Å²) in [7, 11) is 0. The lowest BCUT2D eigenvalue weighted by molar-refractivity contribution is 0.0500. The number of amides is 1. The van der Waals surface area contributed by atoms with Crippen LogP contribution in [0.15, 0.2) is 6.20 Å². The highest BCUT2D eigenvalue weighted by Gasteiger charge is 2.26. The molecule has 0 spiro atoms. The van der Waals surface area contributed by atoms with Gasteiger partial charge in [0.15, 0.2) is 0 Å². The van der Waals surface area contributed by atoms with Crippen LogP contribution in [0.2, 0.25) is 5.28 Å². The maximum Gasteiger partial charge on any atom is 0.407 e. The highest BCUT2D eigenvalue weighted by atomic mass is 127. The van der Waals surface area contributed by atoms with Crippen LogP contribution in [0.1, 0.15) is 33.6 Å². The van der Waals surface area contributed by atoms with Crippen LogP contribution in [0.4, 0.5) is 10.6 Å². The average Bonchev–Trinajstić information content (AvgIpc) is 2.39. The molecule has 1 amide bonds. The fourth-order valence-corrected chi connectivity index (χ4v) is 3.05. The van der Waals surface area contributed by atoms with Crippen molar-refractivity contribution in [3.8, 4) is 0 Å². The van der Waals surface area contributed by atoms with Crippen molar-refractivity contribution in [2.24, 2.45) is 0 Å². The predicted molar refractivity (Wildman–Crippen MR) is 94.4 cm³/mol. The quantitative estimate of drug-likeness (QED) is 0.567. The first-order valence-electron chi connectivity index (χ1n) is 7.17. The predicted octanol–water partition coefficient (Wildman–Crippen LogP) is 3.23. The van der Waals surface area contributed by atoms with Gasteiger partial charge < -0.3 is 15.0 Å². The van der Waals surface area contributed by atoms with Crippen molar-refractivity contribution >= 4 is 46.1 Å². The molecule has 1 saturated heterocycles. The maximum absolute atomic E-state index is 11.9. The highest BCUT2D eigenvalue weighted by Crippen LogP contribution is 2.24. The third-order valence-electron chi connectivity index (χ3n) is 3.14. The number of nitrogens with zero attached hydrogens (tertiary/aromatic N) is 3. The first kappa shape index (κ1) is 17.5. The Kier molecular flexibility index (Phi) is 5.70. The molecule has 1 aliphatic rings. The average molecular weight is 439 g/mol. The van der Waals surface area contributed by atoms with E-state index in [1.54, 1.807) is 6.20 Å². The number of alkyl carbamates (subject to hydrolysis) is 1. The second kappa shape index (κ2) is 7.16. The Bertz CT molecular complexity index is 550. The van der Waals surface area contributed by atoms with Gasteiger partial charge in [0.25, 0.3) is 0 Å². The number of hydrogen-bond donors (Lipinski definition) is 1. The zero-order chi connectivity index (χ0) is 16.3. The molecule has 0 aliphatic carbocycles. The number of anilines is 1. The molecule has 8 heteroatoms. The van der Waals surface area contributed by atoms with Gasteiger partial charge in [-0.2, -0.15) is 4.98 Å². The van der Waals surface area contributed by atoms with E-state index in [-0.39, 0.29) is 17.4 Å². The van der Waals surface area contributed by atoms with Gasteiger partial charge in [0.05, 0.1) is 3.57 Å². The van der Waals surface area contributed by atoms with Gasteiger partial charge >= 0.3 is 6.09 Å². The normalized spacial score (nSPS) is 19.0. The van der Waals surface area contributed by atoms with Crippen LogP contribution in [0.25, 0.3) is 0 Å². The Morgan fingerprint density at radius 1 is 1.55 bits per heavy atom. The molecular formula is C14H20ClIN4O2. The van der Waals surface area contributed by atoms with E-state index in [2.05, 4.69) is 42.8 Å². The van der Waals surface area contributed by atoms with Crippen LogP contribution >= 0.6 is 34.2 Å². The van der Waals surface area contributed by atoms with Gasteiger partial charge in [-0.3, -0.25) is 0 Å². The van der Waals surface area contributed by atoms with Crippen molar-refractivity contribution in [3.63, 3.8) is 0 Å². The first-order chi connectivity index (χ1) is 10.2. The van der Waals surface area contributed by atoms with E-state index in [0.29, 0.717) is 6.54 Å². The SMILES string of the molecule is CC(C)(C)OC(=O)N[C@@H]1CCCN(c2nc(Cl)ncc2I)C1. The lowest BCUT2D eigenvalue weighted by Gasteiger charge is -2.34. The van der Waals surface area contributed by atoms with E-state index < -0.39 is 5.60 Å². The molecule has 2 rings (SSSR count). The van der Waals surface area contributed by atoms with E-state index in [0.717, 1.165) is 28.8 Å². The van der Waals surface area contributed by atoms with E-state index >= 15 is 0 Å². The molecule has 1 aromatic rings. The second-order valence-electron chi connectivity index (χ2n) is 6.24. The van der Waals surface area contributed by atoms with E-state index in [4.69, 9.17) is 16.3 Å². The molecule has 0 bridgehead atoms. The van der Waals surface area contributed by atoms with Crippen LogP contribution in [-0.2, 0) is 4.74 Å². The second-order valence-corrected chi connectivity index (χ2v) is 7.74. The molecule has 0 saturated carbocycles. The van der Waals surface area contributed by atoms with Crippen molar-refractivity contribution < 1.29 is 9.53 Å². The third-order valence-corrected chi connectivity index (χ3v) is 4.08. The summed E-state index contributed by atoms with van der Waals surface area (Å²) in [5, 5.41) is 3.16. The monoisotopic (exact) mass is 438 g/mol. The number of halogens is 2. The van der Waals surface area contributed by atoms with Gasteiger partial charge in [0, 0.05) is 25.3 Å². The molecule has 1 aromatic heterocycles. The molecule has 122 valence electrons. The number of rotatable bonds is 2. The summed E-state index contributed by atoms with van der Waals surface area (Å²) < 4.78 is 6.25. The van der Waals surface area contributed by atoms with Crippen molar-refractivity contribution in [3.05, 3.63) is 15.1 Å². The number of piperidine rings is 1. The van der Waals surface area contributed by atoms with Crippen LogP contribution in [0, 0.1) is 3.57 Å². The Morgan fingerprint density at radius 2 is 2.27 bits per heavy atom. The lowest BCUT2D eigenvalue weighted by Crippen LogP contribution is -2.49. The fourth-order valence-electron chi connectivity index (χ4n) is 2.32. The van der Waals surface area contributed by atoms with Gasteiger partial charge in [0.1, 0.15) is 11.4 Å². The Balaban J connectivity index is 2.00. The number of aromatic nitrogens is 2. The Morgan fingerprint density at radius 3 is 2.95 bits per heavy atom. The zero-order valence-electron chi connectivity index (χ0n) is 12.9. The minimum atomic E-state index is -0.492. The Labute approximate surface area is 149 Å². The van der Waals surface area contributed by atoms with Crippen LogP contribution in [0.5, 0.6) is 0 Å². The van der Waals surface area contributed by atoms with Crippen LogP contribution < -0.4 is 10.2 Å². The summed E-state index contributed by atoms with van der Waals surface area (Å²) in [6.45, 7) is 7.12. The summed E-state index contributed by atoms with van der Waals surface area (Å²) >= 11 is 8.08. The summed E-state index contributed by atoms with van der Waals surface area (Å²) in [6, 6.07) is 0.0353. The minimum Gasteiger partial charge on any atom is -0.444 e. The smallest absolute Gasteiger partial charge is 0.407 e.